The first-order valence-corrected chi connectivity index (χ1v) is 7.78. The molecule has 0 unspecified atom stereocenters. The number of esters is 2. The van der Waals surface area contributed by atoms with E-state index in [4.69, 9.17) is 9.47 Å². The van der Waals surface area contributed by atoms with Crippen LogP contribution in [0.5, 0.6) is 0 Å². The maximum Gasteiger partial charge on any atom is 0.330 e. The molecule has 22 heavy (non-hydrogen) atoms. The molecule has 0 aromatic heterocycles. The zero-order chi connectivity index (χ0) is 16.6. The molecule has 0 aromatic rings. The number of unbranched alkanes of at least 4 members (excludes halogenated alkanes) is 2. The molecule has 0 radical (unpaired) electrons. The van der Waals surface area contributed by atoms with E-state index < -0.39 is 0 Å². The van der Waals surface area contributed by atoms with Crippen LogP contribution in [0.3, 0.4) is 0 Å². The predicted molar refractivity (Wildman–Crippen MR) is 84.3 cm³/mol. The van der Waals surface area contributed by atoms with E-state index in [1.165, 1.54) is 12.2 Å². The molecule has 0 spiro atoms. The topological polar surface area (TPSA) is 69.7 Å². The molecule has 0 aliphatic rings. The first-order chi connectivity index (χ1) is 10.6. The molecule has 5 nitrogen and oxygen atoms in total. The Morgan fingerprint density at radius 1 is 0.773 bits per heavy atom. The minimum absolute atomic E-state index is 0.203. The van der Waals surface area contributed by atoms with Crippen molar-refractivity contribution < 1.29 is 23.9 Å². The molecule has 0 N–H and O–H groups in total. The number of Topliss-reactive ketones (excluding diaryl/α,β-unsaturated/α-hetero) is 1. The highest BCUT2D eigenvalue weighted by atomic mass is 16.5. The average molecular weight is 310 g/mol. The molecule has 0 aliphatic carbocycles. The first kappa shape index (κ1) is 20.1. The fraction of sp³-hybridized carbons (Fsp3) is 0.588. The highest BCUT2D eigenvalue weighted by Gasteiger charge is 2.01. The second-order valence-electron chi connectivity index (χ2n) is 4.63. The summed E-state index contributed by atoms with van der Waals surface area (Å²) in [6.45, 7) is 4.25. The molecule has 0 atom stereocenters. The molecule has 0 amide bonds. The number of rotatable bonds is 12. The summed E-state index contributed by atoms with van der Waals surface area (Å²) < 4.78 is 9.49. The van der Waals surface area contributed by atoms with Crippen molar-refractivity contribution in [2.75, 3.05) is 13.2 Å². The second-order valence-corrected chi connectivity index (χ2v) is 4.63. The van der Waals surface area contributed by atoms with Crippen molar-refractivity contribution in [3.8, 4) is 0 Å². The molecule has 0 fully saturated rings. The number of hydrogen-bond acceptors (Lipinski definition) is 5. The summed E-state index contributed by atoms with van der Waals surface area (Å²) in [5.74, 6) is -0.488. The van der Waals surface area contributed by atoms with Gasteiger partial charge in [0, 0.05) is 25.0 Å². The van der Waals surface area contributed by atoms with Crippen LogP contribution in [0.15, 0.2) is 24.3 Å². The van der Waals surface area contributed by atoms with Gasteiger partial charge in [-0.15, -0.1) is 0 Å². The summed E-state index contributed by atoms with van der Waals surface area (Å²) in [5, 5.41) is 0. The number of allylic oxidation sites excluding steroid dienone is 2. The van der Waals surface area contributed by atoms with Gasteiger partial charge in [-0.3, -0.25) is 4.79 Å². The Balaban J connectivity index is 3.58. The minimum Gasteiger partial charge on any atom is -0.463 e. The Morgan fingerprint density at radius 3 is 1.55 bits per heavy atom. The van der Waals surface area contributed by atoms with E-state index in [9.17, 15) is 14.4 Å². The van der Waals surface area contributed by atoms with Gasteiger partial charge in [0.25, 0.3) is 0 Å². The molecular weight excluding hydrogens is 284 g/mol. The van der Waals surface area contributed by atoms with Crippen molar-refractivity contribution in [3.63, 3.8) is 0 Å². The number of carbonyl (C=O) groups is 3. The SMILES string of the molecule is CCOC(=O)/C=C/CCCC(=O)CCC/C=C/C(=O)OCC. The Bertz CT molecular complexity index is 360. The number of ketones is 1. The fourth-order valence-corrected chi connectivity index (χ4v) is 1.70. The van der Waals surface area contributed by atoms with Gasteiger partial charge in [0.2, 0.25) is 0 Å². The van der Waals surface area contributed by atoms with Crippen LogP contribution in [0, 0.1) is 0 Å². The lowest BCUT2D eigenvalue weighted by Gasteiger charge is -1.99. The van der Waals surface area contributed by atoms with Gasteiger partial charge in [-0.1, -0.05) is 12.2 Å². The third-order valence-corrected chi connectivity index (χ3v) is 2.73. The molecule has 0 saturated carbocycles. The van der Waals surface area contributed by atoms with Crippen LogP contribution in [-0.2, 0) is 23.9 Å². The van der Waals surface area contributed by atoms with Crippen LogP contribution in [0.4, 0.5) is 0 Å². The van der Waals surface area contributed by atoms with Crippen LogP contribution in [-0.4, -0.2) is 30.9 Å². The van der Waals surface area contributed by atoms with Crippen LogP contribution in [0.1, 0.15) is 52.4 Å². The zero-order valence-electron chi connectivity index (χ0n) is 13.5. The number of carbonyl (C=O) groups excluding carboxylic acids is 3. The van der Waals surface area contributed by atoms with Crippen molar-refractivity contribution in [1.82, 2.24) is 0 Å². The van der Waals surface area contributed by atoms with Crippen LogP contribution >= 0.6 is 0 Å². The van der Waals surface area contributed by atoms with Gasteiger partial charge in [0.05, 0.1) is 13.2 Å². The van der Waals surface area contributed by atoms with E-state index in [0.717, 1.165) is 12.8 Å². The molecule has 0 heterocycles. The lowest BCUT2D eigenvalue weighted by atomic mass is 10.1. The summed E-state index contributed by atoms with van der Waals surface area (Å²) in [6, 6.07) is 0. The van der Waals surface area contributed by atoms with Gasteiger partial charge in [-0.2, -0.15) is 0 Å². The van der Waals surface area contributed by atoms with Crippen LogP contribution < -0.4 is 0 Å². The van der Waals surface area contributed by atoms with E-state index in [0.29, 0.717) is 38.9 Å². The number of ether oxygens (including phenoxy) is 2. The van der Waals surface area contributed by atoms with Gasteiger partial charge < -0.3 is 9.47 Å². The fourth-order valence-electron chi connectivity index (χ4n) is 1.70. The third kappa shape index (κ3) is 13.1. The highest BCUT2D eigenvalue weighted by Crippen LogP contribution is 2.05. The van der Waals surface area contributed by atoms with Crippen LogP contribution in [0.2, 0.25) is 0 Å². The minimum atomic E-state index is -0.345. The Labute approximate surface area is 132 Å². The van der Waals surface area contributed by atoms with Crippen molar-refractivity contribution >= 4 is 17.7 Å². The highest BCUT2D eigenvalue weighted by molar-refractivity contribution is 5.82. The van der Waals surface area contributed by atoms with E-state index in [1.54, 1.807) is 26.0 Å². The Hall–Kier alpha value is -1.91. The molecule has 124 valence electrons. The van der Waals surface area contributed by atoms with Gasteiger partial charge in [0.15, 0.2) is 0 Å². The van der Waals surface area contributed by atoms with Gasteiger partial charge in [0.1, 0.15) is 5.78 Å². The monoisotopic (exact) mass is 310 g/mol. The maximum absolute atomic E-state index is 11.6. The average Bonchev–Trinajstić information content (AvgIpc) is 2.47. The van der Waals surface area contributed by atoms with Crippen molar-refractivity contribution in [3.05, 3.63) is 24.3 Å². The standard InChI is InChI=1S/C17H26O5/c1-3-21-16(19)13-9-5-7-11-15(18)12-8-6-10-14-17(20)22-4-2/h9-10,13-14H,3-8,11-12H2,1-2H3/b13-9+,14-10+. The Morgan fingerprint density at radius 2 is 1.18 bits per heavy atom. The lowest BCUT2D eigenvalue weighted by Crippen LogP contribution is -2.00. The van der Waals surface area contributed by atoms with Gasteiger partial charge in [-0.05, 0) is 39.5 Å². The van der Waals surface area contributed by atoms with E-state index in [1.807, 2.05) is 0 Å². The maximum atomic E-state index is 11.6. The molecule has 0 aliphatic heterocycles. The molecular formula is C17H26O5. The van der Waals surface area contributed by atoms with Gasteiger partial charge in [-0.25, -0.2) is 9.59 Å². The van der Waals surface area contributed by atoms with Crippen molar-refractivity contribution in [1.29, 1.82) is 0 Å². The normalized spacial score (nSPS) is 11.0. The zero-order valence-corrected chi connectivity index (χ0v) is 13.5. The summed E-state index contributed by atoms with van der Waals surface area (Å²) in [5.41, 5.74) is 0. The lowest BCUT2D eigenvalue weighted by molar-refractivity contribution is -0.138. The van der Waals surface area contributed by atoms with Gasteiger partial charge >= 0.3 is 11.9 Å². The smallest absolute Gasteiger partial charge is 0.330 e. The summed E-state index contributed by atoms with van der Waals surface area (Å²) in [7, 11) is 0. The number of hydrogen-bond donors (Lipinski definition) is 0. The Kier molecular flexibility index (Phi) is 12.8. The van der Waals surface area contributed by atoms with Crippen molar-refractivity contribution in [2.24, 2.45) is 0 Å². The first-order valence-electron chi connectivity index (χ1n) is 7.78. The largest absolute Gasteiger partial charge is 0.463 e. The molecule has 0 saturated heterocycles. The third-order valence-electron chi connectivity index (χ3n) is 2.73. The molecule has 0 rings (SSSR count). The summed E-state index contributed by atoms with van der Waals surface area (Å²) >= 11 is 0. The summed E-state index contributed by atoms with van der Waals surface area (Å²) in [6.07, 6.45) is 10.1. The summed E-state index contributed by atoms with van der Waals surface area (Å²) in [4.78, 5) is 33.6. The molecule has 0 aromatic carbocycles. The van der Waals surface area contributed by atoms with Crippen LogP contribution in [0.25, 0.3) is 0 Å². The predicted octanol–water partition coefficient (Wildman–Crippen LogP) is 3.13. The molecule has 0 bridgehead atoms. The molecule has 5 heteroatoms. The second kappa shape index (κ2) is 14.0. The van der Waals surface area contributed by atoms with E-state index in [-0.39, 0.29) is 17.7 Å². The van der Waals surface area contributed by atoms with E-state index in [2.05, 4.69) is 0 Å². The van der Waals surface area contributed by atoms with E-state index >= 15 is 0 Å². The quantitative estimate of drug-likeness (QED) is 0.315. The van der Waals surface area contributed by atoms with Crippen molar-refractivity contribution in [2.45, 2.75) is 52.4 Å².